The summed E-state index contributed by atoms with van der Waals surface area (Å²) < 4.78 is 65.2. The number of carbonyl (C=O) groups is 1. The van der Waals surface area contributed by atoms with Crippen molar-refractivity contribution < 1.29 is 31.8 Å². The van der Waals surface area contributed by atoms with E-state index in [9.17, 15) is 22.4 Å². The lowest BCUT2D eigenvalue weighted by Gasteiger charge is -2.36. The van der Waals surface area contributed by atoms with Gasteiger partial charge in [-0.05, 0) is 19.1 Å². The van der Waals surface area contributed by atoms with Gasteiger partial charge in [-0.25, -0.2) is 19.4 Å². The molecule has 2 aromatic heterocycles. The summed E-state index contributed by atoms with van der Waals surface area (Å²) in [7, 11) is 0. The van der Waals surface area contributed by atoms with Gasteiger partial charge in [0.2, 0.25) is 5.88 Å². The first-order chi connectivity index (χ1) is 15.1. The number of nitrogens with one attached hydrogen (secondary N) is 1. The zero-order valence-electron chi connectivity index (χ0n) is 16.7. The fourth-order valence-corrected chi connectivity index (χ4v) is 2.76. The Morgan fingerprint density at radius 3 is 2.75 bits per heavy atom. The number of carbonyl (C=O) groups excluding carboxylic acids is 1. The van der Waals surface area contributed by atoms with Gasteiger partial charge in [0.25, 0.3) is 11.9 Å². The topological polar surface area (TPSA) is 151 Å². The van der Waals surface area contributed by atoms with Gasteiger partial charge in [-0.1, -0.05) is 0 Å². The summed E-state index contributed by atoms with van der Waals surface area (Å²) in [6.45, 7) is -0.710. The van der Waals surface area contributed by atoms with Gasteiger partial charge in [0.15, 0.2) is 23.7 Å². The Morgan fingerprint density at radius 1 is 1.31 bits per heavy atom. The van der Waals surface area contributed by atoms with Crippen molar-refractivity contribution in [3.8, 4) is 5.88 Å². The van der Waals surface area contributed by atoms with Crippen LogP contribution < -0.4 is 21.5 Å². The van der Waals surface area contributed by atoms with E-state index in [0.717, 1.165) is 25.3 Å². The summed E-state index contributed by atoms with van der Waals surface area (Å²) in [5, 5.41) is 2.29. The van der Waals surface area contributed by atoms with Crippen molar-refractivity contribution in [2.75, 3.05) is 30.9 Å². The van der Waals surface area contributed by atoms with E-state index in [4.69, 9.17) is 16.2 Å². The largest absolute Gasteiger partial charge is 0.476 e. The highest BCUT2D eigenvalue weighted by Crippen LogP contribution is 2.43. The Labute approximate surface area is 179 Å². The number of hydrogen-bond donors (Lipinski definition) is 3. The minimum absolute atomic E-state index is 0.0141. The molecule has 0 aromatic carbocycles. The zero-order chi connectivity index (χ0) is 23.5. The minimum atomic E-state index is -3.64. The summed E-state index contributed by atoms with van der Waals surface area (Å²) in [5.41, 5.74) is 7.57. The second-order valence-electron chi connectivity index (χ2n) is 6.83. The first-order valence-electron chi connectivity index (χ1n) is 9.23. The van der Waals surface area contributed by atoms with Crippen LogP contribution >= 0.6 is 0 Å². The number of aromatic nitrogens is 3. The summed E-state index contributed by atoms with van der Waals surface area (Å²) in [4.78, 5) is 27.5. The normalized spacial score (nSPS) is 19.6. The molecule has 1 aliphatic rings. The third-order valence-corrected chi connectivity index (χ3v) is 4.52. The molecule has 0 spiro atoms. The molecule has 1 aliphatic heterocycles. The molecule has 1 atom stereocenters. The van der Waals surface area contributed by atoms with Gasteiger partial charge in [-0.15, -0.1) is 0 Å². The molecule has 5 N–H and O–H groups in total. The number of alkyl halides is 3. The third-order valence-electron chi connectivity index (χ3n) is 4.52. The number of halogens is 4. The van der Waals surface area contributed by atoms with Crippen LogP contribution in [0.3, 0.4) is 0 Å². The second kappa shape index (κ2) is 8.80. The number of ether oxygens (including phenoxy) is 2. The number of anilines is 2. The predicted octanol–water partition coefficient (Wildman–Crippen LogP) is 1.78. The number of nitrogen functional groups attached to an aromatic ring is 1. The highest BCUT2D eigenvalue weighted by molar-refractivity contribution is 6.05. The Morgan fingerprint density at radius 2 is 2.06 bits per heavy atom. The molecule has 10 nitrogen and oxygen atoms in total. The molecule has 14 heteroatoms. The van der Waals surface area contributed by atoms with Gasteiger partial charge in [-0.3, -0.25) is 9.18 Å². The number of nitrogens with zero attached hydrogens (tertiary/aromatic N) is 4. The van der Waals surface area contributed by atoms with Gasteiger partial charge in [0.05, 0.1) is 19.5 Å². The fourth-order valence-electron chi connectivity index (χ4n) is 2.76. The van der Waals surface area contributed by atoms with Gasteiger partial charge in [0.1, 0.15) is 17.3 Å². The maximum absolute atomic E-state index is 14.5. The fraction of sp³-hybridized carbons (Fsp3) is 0.389. The molecule has 0 saturated carbocycles. The van der Waals surface area contributed by atoms with Crippen molar-refractivity contribution in [3.63, 3.8) is 0 Å². The summed E-state index contributed by atoms with van der Waals surface area (Å²) in [5.74, 6) is -6.20. The van der Waals surface area contributed by atoms with Crippen molar-refractivity contribution in [2.45, 2.75) is 24.8 Å². The number of hydrogen-bond acceptors (Lipinski definition) is 9. The molecular weight excluding hydrogens is 438 g/mol. The van der Waals surface area contributed by atoms with E-state index in [1.807, 2.05) is 0 Å². The standard InChI is InChI=1S/C18H19F4N7O3/c1-17(18(21,22)8-32-16(24)29-17)13-9(20)3-4-10(26-13)27-15(30)12-14(23)28-11(7-25-12)31-6-2-5-19/h3-4,7H,2,5-6,8H2,1H3,(H2,23,28)(H2,24,29)(H,26,27,30)/t17-/m1/s1. The van der Waals surface area contributed by atoms with Crippen LogP contribution in [-0.4, -0.2) is 52.7 Å². The molecular formula is C18H19F4N7O3. The first kappa shape index (κ1) is 23.0. The molecule has 0 unspecified atom stereocenters. The predicted molar refractivity (Wildman–Crippen MR) is 105 cm³/mol. The lowest BCUT2D eigenvalue weighted by Crippen LogP contribution is -2.51. The van der Waals surface area contributed by atoms with E-state index >= 15 is 0 Å². The van der Waals surface area contributed by atoms with E-state index in [1.54, 1.807) is 0 Å². The number of rotatable bonds is 7. The number of amides is 1. The van der Waals surface area contributed by atoms with Gasteiger partial charge in [0, 0.05) is 6.42 Å². The number of aliphatic imine (C=N–C) groups is 1. The van der Waals surface area contributed by atoms with Crippen molar-refractivity contribution in [1.29, 1.82) is 0 Å². The molecule has 0 radical (unpaired) electrons. The van der Waals surface area contributed by atoms with Crippen LogP contribution in [0, 0.1) is 5.82 Å². The van der Waals surface area contributed by atoms with Crippen LogP contribution in [-0.2, 0) is 10.3 Å². The van der Waals surface area contributed by atoms with Crippen molar-refractivity contribution in [1.82, 2.24) is 15.0 Å². The van der Waals surface area contributed by atoms with E-state index in [0.29, 0.717) is 0 Å². The van der Waals surface area contributed by atoms with Gasteiger partial charge in [-0.2, -0.15) is 13.8 Å². The van der Waals surface area contributed by atoms with Crippen LogP contribution in [0.25, 0.3) is 0 Å². The van der Waals surface area contributed by atoms with Gasteiger partial charge < -0.3 is 26.3 Å². The van der Waals surface area contributed by atoms with Crippen molar-refractivity contribution in [3.05, 3.63) is 35.5 Å². The Kier molecular flexibility index (Phi) is 6.32. The zero-order valence-corrected chi connectivity index (χ0v) is 16.7. The Bertz CT molecular complexity index is 1050. The van der Waals surface area contributed by atoms with Crippen LogP contribution in [0.1, 0.15) is 29.5 Å². The number of amidine groups is 1. The molecule has 3 heterocycles. The molecule has 0 bridgehead atoms. The molecule has 0 fully saturated rings. The second-order valence-corrected chi connectivity index (χ2v) is 6.83. The van der Waals surface area contributed by atoms with E-state index in [-0.39, 0.29) is 36.2 Å². The minimum Gasteiger partial charge on any atom is -0.476 e. The number of nitrogens with two attached hydrogens (primary N) is 2. The quantitative estimate of drug-likeness (QED) is 0.421. The van der Waals surface area contributed by atoms with Crippen LogP contribution in [0.5, 0.6) is 5.88 Å². The highest BCUT2D eigenvalue weighted by Gasteiger charge is 2.57. The molecule has 172 valence electrons. The molecule has 2 aromatic rings. The Balaban J connectivity index is 1.85. The average molecular weight is 457 g/mol. The lowest BCUT2D eigenvalue weighted by molar-refractivity contribution is -0.118. The first-order valence-corrected chi connectivity index (χ1v) is 9.23. The molecule has 0 saturated heterocycles. The van der Waals surface area contributed by atoms with Crippen LogP contribution in [0.2, 0.25) is 0 Å². The molecule has 32 heavy (non-hydrogen) atoms. The lowest BCUT2D eigenvalue weighted by atomic mass is 9.89. The Hall–Kier alpha value is -3.71. The molecule has 0 aliphatic carbocycles. The smallest absolute Gasteiger partial charge is 0.311 e. The third kappa shape index (κ3) is 4.48. The average Bonchev–Trinajstić information content (AvgIpc) is 2.73. The van der Waals surface area contributed by atoms with Crippen LogP contribution in [0.4, 0.5) is 29.2 Å². The van der Waals surface area contributed by atoms with E-state index in [1.165, 1.54) is 0 Å². The SMILES string of the molecule is C[C@]1(c2nc(NC(=O)c3ncc(OCCCF)nc3N)ccc2F)N=C(N)OCC1(F)F. The molecule has 1 amide bonds. The number of pyridine rings is 1. The monoisotopic (exact) mass is 457 g/mol. The van der Waals surface area contributed by atoms with Crippen LogP contribution in [0.15, 0.2) is 23.3 Å². The molecule has 3 rings (SSSR count). The summed E-state index contributed by atoms with van der Waals surface area (Å²) in [6, 6.07) is 1.35. The van der Waals surface area contributed by atoms with E-state index < -0.39 is 48.2 Å². The van der Waals surface area contributed by atoms with Crippen molar-refractivity contribution >= 4 is 23.6 Å². The van der Waals surface area contributed by atoms with Crippen molar-refractivity contribution in [2.24, 2.45) is 10.7 Å². The maximum atomic E-state index is 14.5. The van der Waals surface area contributed by atoms with E-state index in [2.05, 4.69) is 30.0 Å². The highest BCUT2D eigenvalue weighted by atomic mass is 19.3. The summed E-state index contributed by atoms with van der Waals surface area (Å²) in [6.07, 6.45) is 1.25. The van der Waals surface area contributed by atoms with Gasteiger partial charge >= 0.3 is 5.92 Å². The summed E-state index contributed by atoms with van der Waals surface area (Å²) >= 11 is 0. The maximum Gasteiger partial charge on any atom is 0.311 e.